The lowest BCUT2D eigenvalue weighted by molar-refractivity contribution is -0.384. The SMILES string of the molecule is CC(CCl)Sc1c(Cl)cc([N+](=O)[O-])cc1Cl. The Balaban J connectivity index is 3.07. The Labute approximate surface area is 112 Å². The maximum absolute atomic E-state index is 10.6. The Morgan fingerprint density at radius 1 is 1.44 bits per heavy atom. The van der Waals surface area contributed by atoms with E-state index in [0.717, 1.165) is 0 Å². The van der Waals surface area contributed by atoms with Crippen LogP contribution in [0.15, 0.2) is 17.0 Å². The number of rotatable bonds is 4. The maximum atomic E-state index is 10.6. The summed E-state index contributed by atoms with van der Waals surface area (Å²) in [7, 11) is 0. The van der Waals surface area contributed by atoms with Crippen molar-refractivity contribution in [2.24, 2.45) is 0 Å². The molecule has 0 aliphatic heterocycles. The van der Waals surface area contributed by atoms with Crippen molar-refractivity contribution >= 4 is 52.3 Å². The lowest BCUT2D eigenvalue weighted by atomic mass is 10.3. The van der Waals surface area contributed by atoms with Crippen LogP contribution in [0.4, 0.5) is 5.69 Å². The smallest absolute Gasteiger partial charge is 0.258 e. The molecule has 0 aromatic heterocycles. The zero-order chi connectivity index (χ0) is 12.3. The van der Waals surface area contributed by atoms with E-state index in [1.165, 1.54) is 23.9 Å². The van der Waals surface area contributed by atoms with Crippen molar-refractivity contribution in [2.75, 3.05) is 5.88 Å². The minimum atomic E-state index is -0.531. The highest BCUT2D eigenvalue weighted by Gasteiger charge is 2.16. The van der Waals surface area contributed by atoms with E-state index in [-0.39, 0.29) is 21.0 Å². The van der Waals surface area contributed by atoms with Crippen LogP contribution < -0.4 is 0 Å². The van der Waals surface area contributed by atoms with Crippen molar-refractivity contribution < 1.29 is 4.92 Å². The predicted molar refractivity (Wildman–Crippen MR) is 69.2 cm³/mol. The highest BCUT2D eigenvalue weighted by molar-refractivity contribution is 8.00. The summed E-state index contributed by atoms with van der Waals surface area (Å²) in [6, 6.07) is 2.58. The predicted octanol–water partition coefficient (Wildman–Crippen LogP) is 4.62. The molecule has 1 aromatic rings. The lowest BCUT2D eigenvalue weighted by Crippen LogP contribution is -1.97. The molecule has 16 heavy (non-hydrogen) atoms. The number of alkyl halides is 1. The van der Waals surface area contributed by atoms with Crippen LogP contribution in [0.25, 0.3) is 0 Å². The van der Waals surface area contributed by atoms with E-state index in [1.54, 1.807) is 0 Å². The third-order valence-corrected chi connectivity index (χ3v) is 4.44. The number of nitro benzene ring substituents is 1. The van der Waals surface area contributed by atoms with Crippen LogP contribution in [0.3, 0.4) is 0 Å². The van der Waals surface area contributed by atoms with Gasteiger partial charge in [-0.3, -0.25) is 10.1 Å². The van der Waals surface area contributed by atoms with Crippen LogP contribution in [-0.2, 0) is 0 Å². The van der Waals surface area contributed by atoms with Gasteiger partial charge >= 0.3 is 0 Å². The third kappa shape index (κ3) is 3.42. The van der Waals surface area contributed by atoms with Gasteiger partial charge in [0.25, 0.3) is 5.69 Å². The molecule has 0 radical (unpaired) electrons. The molecular formula is C9H8Cl3NO2S. The van der Waals surface area contributed by atoms with Crippen LogP contribution >= 0.6 is 46.6 Å². The van der Waals surface area contributed by atoms with Gasteiger partial charge in [0, 0.05) is 28.2 Å². The monoisotopic (exact) mass is 299 g/mol. The largest absolute Gasteiger partial charge is 0.272 e. The van der Waals surface area contributed by atoms with E-state index in [2.05, 4.69) is 0 Å². The fourth-order valence-electron chi connectivity index (χ4n) is 0.997. The summed E-state index contributed by atoms with van der Waals surface area (Å²) in [6.07, 6.45) is 0. The molecule has 3 nitrogen and oxygen atoms in total. The molecule has 0 saturated carbocycles. The standard InChI is InChI=1S/C9H8Cl3NO2S/c1-5(4-10)16-9-7(11)2-6(13(14)15)3-8(9)12/h2-3,5H,4H2,1H3. The first-order valence-electron chi connectivity index (χ1n) is 4.31. The van der Waals surface area contributed by atoms with Crippen molar-refractivity contribution in [3.05, 3.63) is 32.3 Å². The van der Waals surface area contributed by atoms with Crippen LogP contribution in [0.2, 0.25) is 10.0 Å². The van der Waals surface area contributed by atoms with E-state index in [0.29, 0.717) is 10.8 Å². The summed E-state index contributed by atoms with van der Waals surface area (Å²) < 4.78 is 0. The molecule has 7 heteroatoms. The van der Waals surface area contributed by atoms with E-state index in [1.807, 2.05) is 6.92 Å². The van der Waals surface area contributed by atoms with Crippen molar-refractivity contribution in [2.45, 2.75) is 17.1 Å². The zero-order valence-corrected chi connectivity index (χ0v) is 11.3. The number of benzene rings is 1. The summed E-state index contributed by atoms with van der Waals surface area (Å²) in [5.74, 6) is 0.453. The van der Waals surface area contributed by atoms with Crippen LogP contribution in [0, 0.1) is 10.1 Å². The fraction of sp³-hybridized carbons (Fsp3) is 0.333. The lowest BCUT2D eigenvalue weighted by Gasteiger charge is -2.10. The summed E-state index contributed by atoms with van der Waals surface area (Å²) >= 11 is 18.9. The summed E-state index contributed by atoms with van der Waals surface area (Å²) in [5, 5.41) is 11.3. The van der Waals surface area contributed by atoms with Crippen molar-refractivity contribution in [3.63, 3.8) is 0 Å². The van der Waals surface area contributed by atoms with Gasteiger partial charge in [-0.05, 0) is 0 Å². The Kier molecular flexibility index (Phi) is 5.18. The average molecular weight is 301 g/mol. The van der Waals surface area contributed by atoms with Gasteiger partial charge in [-0.1, -0.05) is 30.1 Å². The molecule has 0 bridgehead atoms. The number of nitro groups is 1. The average Bonchev–Trinajstić information content (AvgIpc) is 2.22. The molecule has 1 unspecified atom stereocenters. The van der Waals surface area contributed by atoms with Gasteiger partial charge in [-0.15, -0.1) is 23.4 Å². The molecular weight excluding hydrogens is 293 g/mol. The Hall–Kier alpha value is -0.160. The molecule has 0 amide bonds. The number of hydrogen-bond acceptors (Lipinski definition) is 3. The summed E-state index contributed by atoms with van der Waals surface area (Å²) in [4.78, 5) is 10.7. The highest BCUT2D eigenvalue weighted by Crippen LogP contribution is 2.39. The number of hydrogen-bond donors (Lipinski definition) is 0. The van der Waals surface area contributed by atoms with E-state index in [9.17, 15) is 10.1 Å². The number of non-ortho nitro benzene ring substituents is 1. The van der Waals surface area contributed by atoms with E-state index < -0.39 is 4.92 Å². The molecule has 1 rings (SSSR count). The Bertz CT molecular complexity index is 391. The van der Waals surface area contributed by atoms with Crippen molar-refractivity contribution in [1.29, 1.82) is 0 Å². The minimum absolute atomic E-state index is 0.113. The number of nitrogens with zero attached hydrogens (tertiary/aromatic N) is 1. The van der Waals surface area contributed by atoms with Crippen LogP contribution in [0.1, 0.15) is 6.92 Å². The number of thioether (sulfide) groups is 1. The molecule has 1 atom stereocenters. The van der Waals surface area contributed by atoms with Gasteiger partial charge in [-0.25, -0.2) is 0 Å². The molecule has 0 saturated heterocycles. The molecule has 0 fully saturated rings. The van der Waals surface area contributed by atoms with E-state index >= 15 is 0 Å². The van der Waals surface area contributed by atoms with Gasteiger partial charge in [0.1, 0.15) is 0 Å². The van der Waals surface area contributed by atoms with Gasteiger partial charge in [-0.2, -0.15) is 0 Å². The quantitative estimate of drug-likeness (QED) is 0.353. The normalized spacial score (nSPS) is 12.5. The zero-order valence-electron chi connectivity index (χ0n) is 8.25. The van der Waals surface area contributed by atoms with Gasteiger partial charge in [0.15, 0.2) is 0 Å². The second kappa shape index (κ2) is 5.96. The molecule has 0 N–H and O–H groups in total. The molecule has 0 spiro atoms. The first-order chi connectivity index (χ1) is 7.45. The summed E-state index contributed by atoms with van der Waals surface area (Å²) in [6.45, 7) is 1.92. The van der Waals surface area contributed by atoms with Gasteiger partial charge < -0.3 is 0 Å². The van der Waals surface area contributed by atoms with Crippen molar-refractivity contribution in [3.8, 4) is 0 Å². The highest BCUT2D eigenvalue weighted by atomic mass is 35.5. The van der Waals surface area contributed by atoms with E-state index in [4.69, 9.17) is 34.8 Å². The fourth-order valence-corrected chi connectivity index (χ4v) is 2.74. The Morgan fingerprint density at radius 2 is 1.94 bits per heavy atom. The van der Waals surface area contributed by atoms with Crippen LogP contribution in [-0.4, -0.2) is 16.1 Å². The Morgan fingerprint density at radius 3 is 2.31 bits per heavy atom. The second-order valence-corrected chi connectivity index (χ2v) is 5.65. The first kappa shape index (κ1) is 13.9. The summed E-state index contributed by atoms with van der Waals surface area (Å²) in [5.41, 5.74) is -0.113. The molecule has 88 valence electrons. The molecule has 0 heterocycles. The maximum Gasteiger partial charge on any atom is 0.272 e. The number of halogens is 3. The third-order valence-electron chi connectivity index (χ3n) is 1.73. The molecule has 0 aliphatic rings. The van der Waals surface area contributed by atoms with Crippen molar-refractivity contribution in [1.82, 2.24) is 0 Å². The second-order valence-electron chi connectivity index (χ2n) is 3.08. The van der Waals surface area contributed by atoms with Gasteiger partial charge in [0.2, 0.25) is 0 Å². The minimum Gasteiger partial charge on any atom is -0.258 e. The first-order valence-corrected chi connectivity index (χ1v) is 6.48. The van der Waals surface area contributed by atoms with Crippen LogP contribution in [0.5, 0.6) is 0 Å². The van der Waals surface area contributed by atoms with Gasteiger partial charge in [0.05, 0.1) is 15.0 Å². The topological polar surface area (TPSA) is 43.1 Å². The molecule has 1 aromatic carbocycles. The molecule has 0 aliphatic carbocycles.